The zero-order valence-corrected chi connectivity index (χ0v) is 20.2. The van der Waals surface area contributed by atoms with Crippen LogP contribution < -0.4 is 15.0 Å². The number of aromatic nitrogens is 2. The number of hydrogen-bond donors (Lipinski definition) is 2. The molecule has 5 rings (SSSR count). The van der Waals surface area contributed by atoms with E-state index in [0.29, 0.717) is 38.2 Å². The fraction of sp³-hybridized carbons (Fsp3) is 0.750. The fourth-order valence-corrected chi connectivity index (χ4v) is 5.77. The third-order valence-electron chi connectivity index (χ3n) is 7.71. The Bertz CT molecular complexity index is 941. The molecule has 4 aliphatic heterocycles. The van der Waals surface area contributed by atoms with Crippen LogP contribution in [0.15, 0.2) is 0 Å². The van der Waals surface area contributed by atoms with E-state index >= 15 is 0 Å². The molecule has 190 valence electrons. The molecule has 0 aromatic carbocycles. The maximum Gasteiger partial charge on any atom is 0.407 e. The van der Waals surface area contributed by atoms with E-state index < -0.39 is 6.09 Å². The normalized spacial score (nSPS) is 24.6. The lowest BCUT2D eigenvalue weighted by Crippen LogP contribution is -2.55. The van der Waals surface area contributed by atoms with Crippen LogP contribution in [-0.4, -0.2) is 102 Å². The SMILES string of the molecule is N#CC[C@H]1CN(c2nc(OC3CCN(C4CCOCC4)CC3)nc3c2CCNC3)CCN1C(=O)O. The number of piperazine rings is 1. The van der Waals surface area contributed by atoms with Gasteiger partial charge in [0.25, 0.3) is 0 Å². The molecule has 1 atom stereocenters. The predicted molar refractivity (Wildman–Crippen MR) is 127 cm³/mol. The van der Waals surface area contributed by atoms with E-state index in [9.17, 15) is 15.2 Å². The first-order chi connectivity index (χ1) is 17.1. The summed E-state index contributed by atoms with van der Waals surface area (Å²) in [4.78, 5) is 27.3. The molecule has 11 nitrogen and oxygen atoms in total. The first-order valence-electron chi connectivity index (χ1n) is 12.8. The first kappa shape index (κ1) is 24.0. The highest BCUT2D eigenvalue weighted by atomic mass is 16.5. The van der Waals surface area contributed by atoms with E-state index in [4.69, 9.17) is 19.4 Å². The van der Waals surface area contributed by atoms with Gasteiger partial charge in [0, 0.05) is 64.1 Å². The van der Waals surface area contributed by atoms with Crippen molar-refractivity contribution in [3.8, 4) is 12.1 Å². The average molecular weight is 486 g/mol. The number of rotatable bonds is 5. The second-order valence-electron chi connectivity index (χ2n) is 9.82. The van der Waals surface area contributed by atoms with Gasteiger partial charge in [0.15, 0.2) is 0 Å². The molecule has 1 aromatic heterocycles. The van der Waals surface area contributed by atoms with Gasteiger partial charge < -0.3 is 29.7 Å². The molecule has 35 heavy (non-hydrogen) atoms. The number of fused-ring (bicyclic) bond motifs is 1. The first-order valence-corrected chi connectivity index (χ1v) is 12.8. The summed E-state index contributed by atoms with van der Waals surface area (Å²) in [5.41, 5.74) is 2.05. The van der Waals surface area contributed by atoms with Crippen LogP contribution in [0, 0.1) is 11.3 Å². The van der Waals surface area contributed by atoms with Crippen molar-refractivity contribution in [3.05, 3.63) is 11.3 Å². The summed E-state index contributed by atoms with van der Waals surface area (Å²) in [6.07, 6.45) is 4.21. The van der Waals surface area contributed by atoms with E-state index in [1.165, 1.54) is 4.90 Å². The lowest BCUT2D eigenvalue weighted by atomic mass is 10.0. The van der Waals surface area contributed by atoms with Crippen LogP contribution in [0.2, 0.25) is 0 Å². The van der Waals surface area contributed by atoms with Crippen LogP contribution in [0.5, 0.6) is 6.01 Å². The second kappa shape index (κ2) is 10.9. The zero-order chi connectivity index (χ0) is 24.2. The summed E-state index contributed by atoms with van der Waals surface area (Å²) >= 11 is 0. The van der Waals surface area contributed by atoms with E-state index in [1.54, 1.807) is 0 Å². The fourth-order valence-electron chi connectivity index (χ4n) is 5.77. The van der Waals surface area contributed by atoms with Crippen molar-refractivity contribution in [2.45, 2.75) is 63.3 Å². The third-order valence-corrected chi connectivity index (χ3v) is 7.71. The summed E-state index contributed by atoms with van der Waals surface area (Å²) in [5.74, 6) is 0.833. The van der Waals surface area contributed by atoms with Crippen LogP contribution in [0.3, 0.4) is 0 Å². The zero-order valence-electron chi connectivity index (χ0n) is 20.2. The van der Waals surface area contributed by atoms with Gasteiger partial charge in [-0.05, 0) is 38.6 Å². The summed E-state index contributed by atoms with van der Waals surface area (Å²) in [6.45, 7) is 6.59. The Hall–Kier alpha value is -2.68. The molecular weight excluding hydrogens is 450 g/mol. The number of nitriles is 1. The van der Waals surface area contributed by atoms with Gasteiger partial charge in [0.1, 0.15) is 11.9 Å². The van der Waals surface area contributed by atoms with Crippen molar-refractivity contribution in [1.29, 1.82) is 5.26 Å². The molecule has 0 bridgehead atoms. The predicted octanol–water partition coefficient (Wildman–Crippen LogP) is 1.23. The lowest BCUT2D eigenvalue weighted by Gasteiger charge is -2.41. The number of nitrogens with zero attached hydrogens (tertiary/aromatic N) is 6. The van der Waals surface area contributed by atoms with Gasteiger partial charge in [-0.3, -0.25) is 4.90 Å². The molecule has 4 aliphatic rings. The molecule has 1 amide bonds. The van der Waals surface area contributed by atoms with Crippen molar-refractivity contribution in [2.24, 2.45) is 0 Å². The minimum Gasteiger partial charge on any atom is -0.465 e. The number of hydrogen-bond acceptors (Lipinski definition) is 9. The number of carbonyl (C=O) groups is 1. The van der Waals surface area contributed by atoms with Crippen molar-refractivity contribution in [3.63, 3.8) is 0 Å². The molecule has 3 fully saturated rings. The quantitative estimate of drug-likeness (QED) is 0.628. The number of anilines is 1. The molecule has 11 heteroatoms. The van der Waals surface area contributed by atoms with E-state index in [2.05, 4.69) is 21.2 Å². The van der Waals surface area contributed by atoms with Gasteiger partial charge >= 0.3 is 12.1 Å². The molecule has 2 N–H and O–H groups in total. The van der Waals surface area contributed by atoms with Gasteiger partial charge in [-0.2, -0.15) is 15.2 Å². The van der Waals surface area contributed by atoms with Crippen LogP contribution in [0.4, 0.5) is 10.6 Å². The standard InChI is InChI=1S/C24H35N7O4/c25-7-1-18-16-30(11-12-31(18)24(32)33)22-20-2-8-26-15-21(20)27-23(28-22)35-19-3-9-29(10-4-19)17-5-13-34-14-6-17/h17-19,26H,1-6,8-16H2,(H,32,33)/t18-/m0/s1. The molecule has 0 unspecified atom stereocenters. The highest BCUT2D eigenvalue weighted by Gasteiger charge is 2.34. The Labute approximate surface area is 206 Å². The molecule has 0 saturated carbocycles. The van der Waals surface area contributed by atoms with Gasteiger partial charge in [-0.25, -0.2) is 4.79 Å². The lowest BCUT2D eigenvalue weighted by molar-refractivity contribution is 0.00868. The number of amides is 1. The Kier molecular flexibility index (Phi) is 7.51. The minimum atomic E-state index is -0.977. The number of ether oxygens (including phenoxy) is 2. The average Bonchev–Trinajstić information content (AvgIpc) is 2.89. The smallest absolute Gasteiger partial charge is 0.407 e. The van der Waals surface area contributed by atoms with Crippen LogP contribution in [-0.2, 0) is 17.7 Å². The molecule has 3 saturated heterocycles. The van der Waals surface area contributed by atoms with Gasteiger partial charge in [0.05, 0.1) is 24.2 Å². The number of carboxylic acid groups (broad SMARTS) is 1. The summed E-state index contributed by atoms with van der Waals surface area (Å²) < 4.78 is 11.8. The molecule has 0 aliphatic carbocycles. The Morgan fingerprint density at radius 1 is 1.17 bits per heavy atom. The van der Waals surface area contributed by atoms with Crippen molar-refractivity contribution in [2.75, 3.05) is 57.4 Å². The highest BCUT2D eigenvalue weighted by Crippen LogP contribution is 2.30. The Balaban J connectivity index is 1.29. The number of likely N-dealkylation sites (tertiary alicyclic amines) is 1. The van der Waals surface area contributed by atoms with Crippen molar-refractivity contribution < 1.29 is 19.4 Å². The topological polar surface area (TPSA) is 127 Å². The molecule has 1 aromatic rings. The maximum atomic E-state index is 11.6. The molecule has 0 radical (unpaired) electrons. The number of nitrogens with one attached hydrogen (secondary N) is 1. The van der Waals surface area contributed by atoms with Gasteiger partial charge in [-0.1, -0.05) is 0 Å². The Morgan fingerprint density at radius 3 is 2.71 bits per heavy atom. The molecule has 0 spiro atoms. The van der Waals surface area contributed by atoms with Crippen molar-refractivity contribution in [1.82, 2.24) is 25.1 Å². The summed E-state index contributed by atoms with van der Waals surface area (Å²) in [7, 11) is 0. The summed E-state index contributed by atoms with van der Waals surface area (Å²) in [5, 5.41) is 22.2. The second-order valence-corrected chi connectivity index (χ2v) is 9.82. The number of piperidine rings is 1. The van der Waals surface area contributed by atoms with Gasteiger partial charge in [-0.15, -0.1) is 0 Å². The monoisotopic (exact) mass is 485 g/mol. The van der Waals surface area contributed by atoms with E-state index in [-0.39, 0.29) is 18.6 Å². The third kappa shape index (κ3) is 5.44. The van der Waals surface area contributed by atoms with Crippen LogP contribution in [0.25, 0.3) is 0 Å². The highest BCUT2D eigenvalue weighted by molar-refractivity contribution is 5.66. The largest absolute Gasteiger partial charge is 0.465 e. The van der Waals surface area contributed by atoms with Crippen LogP contribution in [0.1, 0.15) is 43.4 Å². The Morgan fingerprint density at radius 2 is 1.97 bits per heavy atom. The van der Waals surface area contributed by atoms with Gasteiger partial charge in [0.2, 0.25) is 0 Å². The molecule has 5 heterocycles. The molecular formula is C24H35N7O4. The summed E-state index contributed by atoms with van der Waals surface area (Å²) in [6, 6.07) is 2.79. The van der Waals surface area contributed by atoms with Crippen molar-refractivity contribution >= 4 is 11.9 Å². The van der Waals surface area contributed by atoms with Crippen LogP contribution >= 0.6 is 0 Å². The maximum absolute atomic E-state index is 11.6. The van der Waals surface area contributed by atoms with E-state index in [0.717, 1.165) is 82.0 Å². The van der Waals surface area contributed by atoms with E-state index in [1.807, 2.05) is 0 Å². The minimum absolute atomic E-state index is 0.0868.